The molecule has 0 aromatic heterocycles. The van der Waals surface area contributed by atoms with Crippen molar-refractivity contribution in [2.24, 2.45) is 0 Å². The fourth-order valence-corrected chi connectivity index (χ4v) is 4.53. The molecule has 0 amide bonds. The first kappa shape index (κ1) is 18.5. The number of hydrogen-bond acceptors (Lipinski definition) is 6. The van der Waals surface area contributed by atoms with Gasteiger partial charge in [-0.25, -0.2) is 4.79 Å². The van der Waals surface area contributed by atoms with E-state index in [-0.39, 0.29) is 5.92 Å². The summed E-state index contributed by atoms with van der Waals surface area (Å²) in [5, 5.41) is 9.68. The number of carboxylic acid groups (broad SMARTS) is 1. The van der Waals surface area contributed by atoms with Gasteiger partial charge in [0.15, 0.2) is 5.75 Å². The zero-order chi connectivity index (χ0) is 19.3. The predicted octanol–water partition coefficient (Wildman–Crippen LogP) is 2.79. The Morgan fingerprint density at radius 1 is 1.22 bits per heavy atom. The molecule has 0 bridgehead atoms. The lowest BCUT2D eigenvalue weighted by Crippen LogP contribution is -2.45. The van der Waals surface area contributed by atoms with Gasteiger partial charge >= 0.3 is 5.97 Å². The van der Waals surface area contributed by atoms with Gasteiger partial charge in [0.1, 0.15) is 0 Å². The first-order valence-electron chi connectivity index (χ1n) is 9.53. The molecule has 1 saturated heterocycles. The summed E-state index contributed by atoms with van der Waals surface area (Å²) in [5.74, 6) is -0.239. The van der Waals surface area contributed by atoms with E-state index in [0.717, 1.165) is 66.6 Å². The number of rotatable bonds is 4. The van der Waals surface area contributed by atoms with Crippen molar-refractivity contribution in [2.45, 2.75) is 36.6 Å². The van der Waals surface area contributed by atoms with E-state index < -0.39 is 5.97 Å². The van der Waals surface area contributed by atoms with Crippen molar-refractivity contribution < 1.29 is 14.6 Å². The van der Waals surface area contributed by atoms with Crippen LogP contribution in [-0.2, 0) is 4.79 Å². The lowest BCUT2D eigenvalue weighted by Gasteiger charge is -2.39. The Balaban J connectivity index is 1.86. The zero-order valence-corrected chi connectivity index (χ0v) is 17.0. The smallest absolute Gasteiger partial charge is 0.333 e. The average molecular weight is 390 g/mol. The SMILES string of the molecule is COc1c(N2CCN(C)CC2)c(S)cc2c1N(C1CC1)C=C(C(=O)O)C2C. The molecule has 1 aliphatic carbocycles. The number of benzene rings is 1. The molecule has 1 unspecified atom stereocenters. The highest BCUT2D eigenvalue weighted by Gasteiger charge is 2.39. The molecule has 1 atom stereocenters. The van der Waals surface area contributed by atoms with Gasteiger partial charge in [0.2, 0.25) is 0 Å². The highest BCUT2D eigenvalue weighted by molar-refractivity contribution is 7.80. The molecule has 3 aliphatic rings. The molecule has 2 fully saturated rings. The second kappa shape index (κ2) is 6.95. The van der Waals surface area contributed by atoms with Crippen LogP contribution in [0.3, 0.4) is 0 Å². The van der Waals surface area contributed by atoms with E-state index in [1.165, 1.54) is 0 Å². The summed E-state index contributed by atoms with van der Waals surface area (Å²) in [4.78, 5) is 19.4. The first-order chi connectivity index (χ1) is 12.9. The largest absolute Gasteiger partial charge is 0.492 e. The fourth-order valence-electron chi connectivity index (χ4n) is 4.14. The van der Waals surface area contributed by atoms with Gasteiger partial charge in [0, 0.05) is 49.2 Å². The van der Waals surface area contributed by atoms with Crippen molar-refractivity contribution in [2.75, 3.05) is 50.1 Å². The normalized spacial score (nSPS) is 23.1. The molecular formula is C20H27N3O3S. The fraction of sp³-hybridized carbons (Fsp3) is 0.550. The molecule has 7 heteroatoms. The molecule has 4 rings (SSSR count). The Hall–Kier alpha value is -1.86. The first-order valence-corrected chi connectivity index (χ1v) is 9.97. The number of likely N-dealkylation sites (N-methyl/N-ethyl adjacent to an activating group) is 1. The van der Waals surface area contributed by atoms with Crippen molar-refractivity contribution in [1.29, 1.82) is 0 Å². The third kappa shape index (κ3) is 3.17. The summed E-state index contributed by atoms with van der Waals surface area (Å²) in [5.41, 5.74) is 3.46. The molecule has 1 aromatic carbocycles. The highest BCUT2D eigenvalue weighted by atomic mass is 32.1. The third-order valence-electron chi connectivity index (χ3n) is 5.92. The number of carboxylic acids is 1. The van der Waals surface area contributed by atoms with Crippen molar-refractivity contribution in [1.82, 2.24) is 4.90 Å². The van der Waals surface area contributed by atoms with E-state index in [4.69, 9.17) is 17.4 Å². The van der Waals surface area contributed by atoms with Crippen LogP contribution in [0.25, 0.3) is 0 Å². The molecular weight excluding hydrogens is 362 g/mol. The number of carbonyl (C=O) groups is 1. The molecule has 2 aliphatic heterocycles. The van der Waals surface area contributed by atoms with Gasteiger partial charge < -0.3 is 24.5 Å². The molecule has 1 N–H and O–H groups in total. The van der Waals surface area contributed by atoms with E-state index in [1.807, 2.05) is 19.2 Å². The highest BCUT2D eigenvalue weighted by Crippen LogP contribution is 2.53. The third-order valence-corrected chi connectivity index (χ3v) is 6.26. The molecule has 146 valence electrons. The van der Waals surface area contributed by atoms with Crippen LogP contribution in [-0.4, -0.2) is 62.4 Å². The summed E-state index contributed by atoms with van der Waals surface area (Å²) in [6.07, 6.45) is 3.97. The van der Waals surface area contributed by atoms with Crippen LogP contribution in [0, 0.1) is 0 Å². The van der Waals surface area contributed by atoms with Gasteiger partial charge in [-0.05, 0) is 31.5 Å². The van der Waals surface area contributed by atoms with Crippen LogP contribution in [0.2, 0.25) is 0 Å². The Morgan fingerprint density at radius 3 is 2.44 bits per heavy atom. The number of methoxy groups -OCH3 is 1. The minimum absolute atomic E-state index is 0.200. The predicted molar refractivity (Wildman–Crippen MR) is 110 cm³/mol. The van der Waals surface area contributed by atoms with Gasteiger partial charge in [-0.15, -0.1) is 12.6 Å². The minimum Gasteiger partial charge on any atom is -0.492 e. The number of thiol groups is 1. The van der Waals surface area contributed by atoms with Crippen LogP contribution < -0.4 is 14.5 Å². The van der Waals surface area contributed by atoms with Crippen LogP contribution in [0.4, 0.5) is 11.4 Å². The molecule has 6 nitrogen and oxygen atoms in total. The summed E-state index contributed by atoms with van der Waals surface area (Å²) in [7, 11) is 3.84. The van der Waals surface area contributed by atoms with Gasteiger partial charge in [-0.3, -0.25) is 0 Å². The summed E-state index contributed by atoms with van der Waals surface area (Å²) >= 11 is 4.79. The number of nitrogens with zero attached hydrogens (tertiary/aromatic N) is 3. The van der Waals surface area contributed by atoms with E-state index in [9.17, 15) is 9.90 Å². The Bertz CT molecular complexity index is 798. The molecule has 27 heavy (non-hydrogen) atoms. The molecule has 0 spiro atoms. The molecule has 2 heterocycles. The van der Waals surface area contributed by atoms with Crippen molar-refractivity contribution >= 4 is 30.0 Å². The topological polar surface area (TPSA) is 56.2 Å². The number of aliphatic carboxylic acids is 1. The van der Waals surface area contributed by atoms with E-state index >= 15 is 0 Å². The van der Waals surface area contributed by atoms with Gasteiger partial charge in [0.25, 0.3) is 0 Å². The number of ether oxygens (including phenoxy) is 1. The molecule has 1 aromatic rings. The van der Waals surface area contributed by atoms with Crippen LogP contribution in [0.15, 0.2) is 22.7 Å². The van der Waals surface area contributed by atoms with Gasteiger partial charge in [-0.1, -0.05) is 6.92 Å². The van der Waals surface area contributed by atoms with Crippen LogP contribution in [0.5, 0.6) is 5.75 Å². The van der Waals surface area contributed by atoms with Gasteiger partial charge in [-0.2, -0.15) is 0 Å². The summed E-state index contributed by atoms with van der Waals surface area (Å²) in [6.45, 7) is 5.80. The van der Waals surface area contributed by atoms with Crippen molar-refractivity contribution in [3.63, 3.8) is 0 Å². The lowest BCUT2D eigenvalue weighted by atomic mass is 9.87. The average Bonchev–Trinajstić information content (AvgIpc) is 3.47. The quantitative estimate of drug-likeness (QED) is 0.773. The van der Waals surface area contributed by atoms with E-state index in [1.54, 1.807) is 7.11 Å². The van der Waals surface area contributed by atoms with E-state index in [0.29, 0.717) is 11.6 Å². The van der Waals surface area contributed by atoms with Crippen LogP contribution in [0.1, 0.15) is 31.2 Å². The molecule has 1 saturated carbocycles. The van der Waals surface area contributed by atoms with Crippen molar-refractivity contribution in [3.05, 3.63) is 23.4 Å². The van der Waals surface area contributed by atoms with Crippen LogP contribution >= 0.6 is 12.6 Å². The second-order valence-electron chi connectivity index (χ2n) is 7.76. The lowest BCUT2D eigenvalue weighted by molar-refractivity contribution is -0.133. The number of hydrogen-bond donors (Lipinski definition) is 2. The van der Waals surface area contributed by atoms with Gasteiger partial charge in [0.05, 0.1) is 24.1 Å². The Labute approximate surface area is 165 Å². The summed E-state index contributed by atoms with van der Waals surface area (Å²) in [6, 6.07) is 2.40. The second-order valence-corrected chi connectivity index (χ2v) is 8.24. The Morgan fingerprint density at radius 2 is 1.89 bits per heavy atom. The number of fused-ring (bicyclic) bond motifs is 1. The maximum Gasteiger partial charge on any atom is 0.333 e. The zero-order valence-electron chi connectivity index (χ0n) is 16.1. The Kier molecular flexibility index (Phi) is 4.76. The maximum absolute atomic E-state index is 11.8. The number of piperazine rings is 1. The standard InChI is InChI=1S/C20H27N3O3S/c1-12-14-10-16(27)18(22-8-6-21(2)7-9-22)19(26-3)17(14)23(13-4-5-13)11-15(12)20(24)25/h10-13,27H,4-9H2,1-3H3,(H,24,25). The molecule has 0 radical (unpaired) electrons. The van der Waals surface area contributed by atoms with Crippen molar-refractivity contribution in [3.8, 4) is 5.75 Å². The monoisotopic (exact) mass is 389 g/mol. The summed E-state index contributed by atoms with van der Waals surface area (Å²) < 4.78 is 5.93. The maximum atomic E-state index is 11.8. The minimum atomic E-state index is -0.860. The number of anilines is 2. The van der Waals surface area contributed by atoms with E-state index in [2.05, 4.69) is 21.7 Å².